The molecule has 2 rings (SSSR count). The summed E-state index contributed by atoms with van der Waals surface area (Å²) in [6.07, 6.45) is -2.91. The normalized spacial score (nSPS) is 18.2. The van der Waals surface area contributed by atoms with Crippen molar-refractivity contribution in [1.82, 2.24) is 10.2 Å². The maximum absolute atomic E-state index is 12.9. The number of piperazine rings is 1. The van der Waals surface area contributed by atoms with Crippen LogP contribution in [0, 0.1) is 0 Å². The minimum atomic E-state index is -2.97. The number of rotatable bonds is 6. The predicted octanol–water partition coefficient (Wildman–Crippen LogP) is 2.89. The van der Waals surface area contributed by atoms with E-state index in [1.807, 2.05) is 4.90 Å². The zero-order valence-electron chi connectivity index (χ0n) is 11.4. The number of para-hydroxylation sites is 1. The number of alkyl halides is 4. The molecule has 1 aromatic carbocycles. The van der Waals surface area contributed by atoms with Gasteiger partial charge in [-0.3, -0.25) is 4.90 Å². The molecular formula is C14H18F4N2O. The number of nitrogens with zero attached hydrogens (tertiary/aromatic N) is 1. The summed E-state index contributed by atoms with van der Waals surface area (Å²) in [7, 11) is 0. The standard InChI is InChI=1S/C14H18F4N2O/c15-13(16)9-11(20-7-5-19-6-8-20)10-3-1-2-4-12(10)21-14(17)18/h1-4,11,13-14,19H,5-9H2/t11-/m1/s1. The number of benzene rings is 1. The van der Waals surface area contributed by atoms with Crippen LogP contribution in [0.3, 0.4) is 0 Å². The highest BCUT2D eigenvalue weighted by Crippen LogP contribution is 2.34. The minimum absolute atomic E-state index is 0.0308. The summed E-state index contributed by atoms with van der Waals surface area (Å²) >= 11 is 0. The second-order valence-corrected chi connectivity index (χ2v) is 4.84. The van der Waals surface area contributed by atoms with Crippen LogP contribution < -0.4 is 10.1 Å². The van der Waals surface area contributed by atoms with Crippen LogP contribution in [0.2, 0.25) is 0 Å². The van der Waals surface area contributed by atoms with Gasteiger partial charge in [-0.1, -0.05) is 18.2 Å². The van der Waals surface area contributed by atoms with E-state index in [1.54, 1.807) is 18.2 Å². The first-order valence-corrected chi connectivity index (χ1v) is 6.84. The first kappa shape index (κ1) is 16.0. The molecule has 0 spiro atoms. The molecule has 1 atom stereocenters. The van der Waals surface area contributed by atoms with Crippen molar-refractivity contribution in [3.63, 3.8) is 0 Å². The molecule has 7 heteroatoms. The Labute approximate surface area is 120 Å². The minimum Gasteiger partial charge on any atom is -0.434 e. The molecule has 0 bridgehead atoms. The van der Waals surface area contributed by atoms with Crippen LogP contribution in [0.15, 0.2) is 24.3 Å². The molecule has 1 aliphatic rings. The van der Waals surface area contributed by atoms with E-state index in [1.165, 1.54) is 6.07 Å². The molecule has 118 valence electrons. The van der Waals surface area contributed by atoms with Crippen LogP contribution in [0.25, 0.3) is 0 Å². The molecule has 1 N–H and O–H groups in total. The van der Waals surface area contributed by atoms with Gasteiger partial charge in [0.05, 0.1) is 0 Å². The lowest BCUT2D eigenvalue weighted by Gasteiger charge is -2.35. The molecule has 0 aromatic heterocycles. The van der Waals surface area contributed by atoms with Crippen molar-refractivity contribution in [3.05, 3.63) is 29.8 Å². The van der Waals surface area contributed by atoms with Crippen LogP contribution in [0.1, 0.15) is 18.0 Å². The Morgan fingerprint density at radius 2 is 1.76 bits per heavy atom. The van der Waals surface area contributed by atoms with Crippen LogP contribution in [-0.2, 0) is 0 Å². The highest BCUT2D eigenvalue weighted by atomic mass is 19.3. The summed E-state index contributed by atoms with van der Waals surface area (Å²) in [6, 6.07) is 5.55. The molecule has 0 aliphatic carbocycles. The van der Waals surface area contributed by atoms with Crippen molar-refractivity contribution >= 4 is 0 Å². The van der Waals surface area contributed by atoms with E-state index in [0.29, 0.717) is 31.7 Å². The third kappa shape index (κ3) is 4.57. The molecule has 1 aliphatic heterocycles. The molecule has 1 aromatic rings. The van der Waals surface area contributed by atoms with Gasteiger partial charge in [0.15, 0.2) is 0 Å². The van der Waals surface area contributed by atoms with Gasteiger partial charge in [-0.15, -0.1) is 0 Å². The number of nitrogens with one attached hydrogen (secondary N) is 1. The van der Waals surface area contributed by atoms with E-state index < -0.39 is 25.5 Å². The number of halogens is 4. The van der Waals surface area contributed by atoms with Gasteiger partial charge in [0.1, 0.15) is 5.75 Å². The Bertz CT molecular complexity index is 439. The maximum atomic E-state index is 12.9. The smallest absolute Gasteiger partial charge is 0.387 e. The predicted molar refractivity (Wildman–Crippen MR) is 70.9 cm³/mol. The van der Waals surface area contributed by atoms with Crippen LogP contribution >= 0.6 is 0 Å². The molecule has 1 fully saturated rings. The Hall–Kier alpha value is -1.34. The second kappa shape index (κ2) is 7.61. The first-order valence-electron chi connectivity index (χ1n) is 6.84. The fraction of sp³-hybridized carbons (Fsp3) is 0.571. The fourth-order valence-corrected chi connectivity index (χ4v) is 2.59. The number of ether oxygens (including phenoxy) is 1. The van der Waals surface area contributed by atoms with Crippen molar-refractivity contribution in [2.45, 2.75) is 25.5 Å². The van der Waals surface area contributed by atoms with Crippen LogP contribution in [-0.4, -0.2) is 44.1 Å². The Morgan fingerprint density at radius 3 is 2.38 bits per heavy atom. The SMILES string of the molecule is FC(F)C[C@H](c1ccccc1OC(F)F)N1CCNCC1. The fourth-order valence-electron chi connectivity index (χ4n) is 2.59. The van der Waals surface area contributed by atoms with Crippen LogP contribution in [0.4, 0.5) is 17.6 Å². The van der Waals surface area contributed by atoms with E-state index in [4.69, 9.17) is 0 Å². The van der Waals surface area contributed by atoms with Gasteiger partial charge in [0.2, 0.25) is 6.43 Å². The third-order valence-corrected chi connectivity index (χ3v) is 3.49. The second-order valence-electron chi connectivity index (χ2n) is 4.84. The van der Waals surface area contributed by atoms with Gasteiger partial charge in [-0.25, -0.2) is 8.78 Å². The van der Waals surface area contributed by atoms with E-state index >= 15 is 0 Å². The van der Waals surface area contributed by atoms with E-state index in [-0.39, 0.29) is 5.75 Å². The van der Waals surface area contributed by atoms with E-state index in [0.717, 1.165) is 0 Å². The summed E-state index contributed by atoms with van der Waals surface area (Å²) in [6.45, 7) is -0.392. The molecule has 0 saturated carbocycles. The summed E-state index contributed by atoms with van der Waals surface area (Å²) in [5.41, 5.74) is 0.389. The third-order valence-electron chi connectivity index (χ3n) is 3.49. The zero-order valence-corrected chi connectivity index (χ0v) is 11.4. The summed E-state index contributed by atoms with van der Waals surface area (Å²) < 4.78 is 55.2. The van der Waals surface area contributed by atoms with Crippen molar-refractivity contribution in [2.24, 2.45) is 0 Å². The lowest BCUT2D eigenvalue weighted by Crippen LogP contribution is -2.45. The number of hydrogen-bond acceptors (Lipinski definition) is 3. The Balaban J connectivity index is 2.26. The average molecular weight is 306 g/mol. The van der Waals surface area contributed by atoms with Crippen molar-refractivity contribution in [1.29, 1.82) is 0 Å². The van der Waals surface area contributed by atoms with Crippen molar-refractivity contribution in [3.8, 4) is 5.75 Å². The van der Waals surface area contributed by atoms with Crippen molar-refractivity contribution in [2.75, 3.05) is 26.2 Å². The summed E-state index contributed by atoms with van der Waals surface area (Å²) in [5, 5.41) is 3.14. The van der Waals surface area contributed by atoms with Gasteiger partial charge in [0, 0.05) is 44.2 Å². The monoisotopic (exact) mass is 306 g/mol. The largest absolute Gasteiger partial charge is 0.434 e. The molecule has 21 heavy (non-hydrogen) atoms. The van der Waals surface area contributed by atoms with Gasteiger partial charge in [0.25, 0.3) is 0 Å². The topological polar surface area (TPSA) is 24.5 Å². The van der Waals surface area contributed by atoms with Gasteiger partial charge in [-0.05, 0) is 6.07 Å². The van der Waals surface area contributed by atoms with Gasteiger partial charge in [-0.2, -0.15) is 8.78 Å². The molecule has 1 saturated heterocycles. The average Bonchev–Trinajstić information content (AvgIpc) is 2.46. The quantitative estimate of drug-likeness (QED) is 0.818. The Kier molecular flexibility index (Phi) is 5.81. The first-order chi connectivity index (χ1) is 10.1. The summed E-state index contributed by atoms with van der Waals surface area (Å²) in [5.74, 6) is -0.0308. The highest BCUT2D eigenvalue weighted by molar-refractivity contribution is 5.36. The highest BCUT2D eigenvalue weighted by Gasteiger charge is 2.28. The lowest BCUT2D eigenvalue weighted by atomic mass is 10.00. The maximum Gasteiger partial charge on any atom is 0.387 e. The Morgan fingerprint density at radius 1 is 1.10 bits per heavy atom. The lowest BCUT2D eigenvalue weighted by molar-refractivity contribution is -0.0516. The molecular weight excluding hydrogens is 288 g/mol. The van der Waals surface area contributed by atoms with Crippen molar-refractivity contribution < 1.29 is 22.3 Å². The molecule has 1 heterocycles. The molecule has 0 amide bonds. The molecule has 3 nitrogen and oxygen atoms in total. The molecule has 0 radical (unpaired) electrons. The van der Waals surface area contributed by atoms with Crippen LogP contribution in [0.5, 0.6) is 5.75 Å². The zero-order chi connectivity index (χ0) is 15.2. The van der Waals surface area contributed by atoms with Gasteiger partial charge < -0.3 is 10.1 Å². The number of hydrogen-bond donors (Lipinski definition) is 1. The van der Waals surface area contributed by atoms with E-state index in [9.17, 15) is 17.6 Å². The molecule has 0 unspecified atom stereocenters. The van der Waals surface area contributed by atoms with Gasteiger partial charge >= 0.3 is 6.61 Å². The summed E-state index contributed by atoms with van der Waals surface area (Å²) in [4.78, 5) is 1.89. The van der Waals surface area contributed by atoms with E-state index in [2.05, 4.69) is 10.1 Å².